The van der Waals surface area contributed by atoms with Gasteiger partial charge in [-0.15, -0.1) is 0 Å². The third-order valence-electron chi connectivity index (χ3n) is 4.60. The molecule has 126 valence electrons. The molecule has 0 spiro atoms. The van der Waals surface area contributed by atoms with Gasteiger partial charge < -0.3 is 10.2 Å². The summed E-state index contributed by atoms with van der Waals surface area (Å²) in [6.45, 7) is 1.86. The predicted octanol–water partition coefficient (Wildman–Crippen LogP) is 4.22. The highest BCUT2D eigenvalue weighted by molar-refractivity contribution is 5.66. The van der Waals surface area contributed by atoms with Crippen LogP contribution in [0.5, 0.6) is 0 Å². The third-order valence-corrected chi connectivity index (χ3v) is 4.60. The minimum absolute atomic E-state index is 0.858. The largest absolute Gasteiger partial charge is 0.370 e. The molecule has 1 N–H and O–H groups in total. The molecule has 25 heavy (non-hydrogen) atoms. The summed E-state index contributed by atoms with van der Waals surface area (Å²) >= 11 is 0. The maximum absolute atomic E-state index is 4.50. The molecule has 4 heteroatoms. The highest BCUT2D eigenvalue weighted by Gasteiger charge is 2.18. The van der Waals surface area contributed by atoms with Gasteiger partial charge in [0.2, 0.25) is 0 Å². The van der Waals surface area contributed by atoms with E-state index in [-0.39, 0.29) is 0 Å². The van der Waals surface area contributed by atoms with Crippen molar-refractivity contribution in [2.24, 2.45) is 0 Å². The summed E-state index contributed by atoms with van der Waals surface area (Å²) in [5, 5.41) is 3.42. The summed E-state index contributed by atoms with van der Waals surface area (Å²) in [4.78, 5) is 11.2. The predicted molar refractivity (Wildman–Crippen MR) is 102 cm³/mol. The fraction of sp³-hybridized carbons (Fsp3) is 0.238. The lowest BCUT2D eigenvalue weighted by Gasteiger charge is -2.30. The summed E-state index contributed by atoms with van der Waals surface area (Å²) in [7, 11) is 0. The summed E-state index contributed by atoms with van der Waals surface area (Å²) in [6.07, 6.45) is 4.92. The number of nitrogens with one attached hydrogen (secondary N) is 1. The van der Waals surface area contributed by atoms with Crippen LogP contribution in [0.1, 0.15) is 17.5 Å². The molecule has 0 amide bonds. The first-order valence-electron chi connectivity index (χ1n) is 8.85. The van der Waals surface area contributed by atoms with E-state index in [9.17, 15) is 0 Å². The molecule has 1 aliphatic heterocycles. The molecule has 0 radical (unpaired) electrons. The van der Waals surface area contributed by atoms with Crippen molar-refractivity contribution in [2.75, 3.05) is 23.3 Å². The molecular weight excluding hydrogens is 308 g/mol. The minimum atomic E-state index is 0.858. The average Bonchev–Trinajstić information content (AvgIpc) is 2.69. The Morgan fingerprint density at radius 2 is 1.80 bits per heavy atom. The first kappa shape index (κ1) is 15.6. The molecule has 4 nitrogen and oxygen atoms in total. The van der Waals surface area contributed by atoms with Gasteiger partial charge in [-0.05, 0) is 36.5 Å². The molecule has 0 aliphatic carbocycles. The Morgan fingerprint density at radius 1 is 0.960 bits per heavy atom. The lowest BCUT2D eigenvalue weighted by Crippen LogP contribution is -2.25. The van der Waals surface area contributed by atoms with E-state index in [1.807, 2.05) is 12.1 Å². The Balaban J connectivity index is 1.47. The number of anilines is 3. The van der Waals surface area contributed by atoms with Crippen molar-refractivity contribution in [1.29, 1.82) is 0 Å². The number of aryl methyl sites for hydroxylation is 1. The van der Waals surface area contributed by atoms with Gasteiger partial charge >= 0.3 is 0 Å². The second-order valence-electron chi connectivity index (χ2n) is 6.31. The van der Waals surface area contributed by atoms with Crippen LogP contribution in [-0.2, 0) is 12.8 Å². The number of fused-ring (bicyclic) bond motifs is 1. The van der Waals surface area contributed by atoms with Gasteiger partial charge in [-0.1, -0.05) is 48.5 Å². The van der Waals surface area contributed by atoms with Crippen LogP contribution in [-0.4, -0.2) is 23.1 Å². The van der Waals surface area contributed by atoms with Crippen LogP contribution in [0, 0.1) is 0 Å². The van der Waals surface area contributed by atoms with Crippen molar-refractivity contribution in [3.05, 3.63) is 78.1 Å². The van der Waals surface area contributed by atoms with Gasteiger partial charge in [0.1, 0.15) is 18.0 Å². The van der Waals surface area contributed by atoms with E-state index < -0.39 is 0 Å². The van der Waals surface area contributed by atoms with Gasteiger partial charge in [0.05, 0.1) is 0 Å². The molecule has 0 unspecified atom stereocenters. The Kier molecular flexibility index (Phi) is 4.59. The zero-order chi connectivity index (χ0) is 16.9. The van der Waals surface area contributed by atoms with Gasteiger partial charge in [0.15, 0.2) is 0 Å². The van der Waals surface area contributed by atoms with E-state index in [0.29, 0.717) is 0 Å². The average molecular weight is 330 g/mol. The molecule has 3 aromatic rings. The van der Waals surface area contributed by atoms with Crippen molar-refractivity contribution in [3.8, 4) is 0 Å². The van der Waals surface area contributed by atoms with Crippen LogP contribution < -0.4 is 10.2 Å². The molecule has 0 fully saturated rings. The smallest absolute Gasteiger partial charge is 0.138 e. The van der Waals surface area contributed by atoms with E-state index in [4.69, 9.17) is 0 Å². The molecule has 2 heterocycles. The van der Waals surface area contributed by atoms with Crippen molar-refractivity contribution in [3.63, 3.8) is 0 Å². The Labute approximate surface area is 148 Å². The molecule has 2 aromatic carbocycles. The van der Waals surface area contributed by atoms with Crippen LogP contribution in [0.2, 0.25) is 0 Å². The van der Waals surface area contributed by atoms with E-state index >= 15 is 0 Å². The Bertz CT molecular complexity index is 832. The van der Waals surface area contributed by atoms with Gasteiger partial charge in [0.25, 0.3) is 0 Å². The molecule has 4 rings (SSSR count). The number of hydrogen-bond acceptors (Lipinski definition) is 4. The number of para-hydroxylation sites is 1. The normalized spacial score (nSPS) is 13.4. The maximum Gasteiger partial charge on any atom is 0.138 e. The SMILES string of the molecule is c1ccc(CCNc2cc(N3CCCc4ccccc43)ncn2)cc1. The first-order chi connectivity index (χ1) is 12.4. The van der Waals surface area contributed by atoms with Gasteiger partial charge in [-0.25, -0.2) is 9.97 Å². The van der Waals surface area contributed by atoms with Crippen LogP contribution >= 0.6 is 0 Å². The monoisotopic (exact) mass is 330 g/mol. The molecule has 0 saturated carbocycles. The second-order valence-corrected chi connectivity index (χ2v) is 6.31. The number of benzene rings is 2. The van der Waals surface area contributed by atoms with Crippen molar-refractivity contribution in [2.45, 2.75) is 19.3 Å². The molecule has 1 aromatic heterocycles. The van der Waals surface area contributed by atoms with Gasteiger partial charge in [-0.3, -0.25) is 0 Å². The number of hydrogen-bond donors (Lipinski definition) is 1. The number of aromatic nitrogens is 2. The van der Waals surface area contributed by atoms with E-state index in [0.717, 1.165) is 44.0 Å². The molecule has 0 atom stereocenters. The topological polar surface area (TPSA) is 41.0 Å². The minimum Gasteiger partial charge on any atom is -0.370 e. The Hall–Kier alpha value is -2.88. The van der Waals surface area contributed by atoms with E-state index in [1.165, 1.54) is 16.8 Å². The van der Waals surface area contributed by atoms with E-state index in [1.54, 1.807) is 6.33 Å². The number of rotatable bonds is 5. The standard InChI is InChI=1S/C21H22N4/c1-2-7-17(8-3-1)12-13-22-20-15-21(24-16-23-20)25-14-6-10-18-9-4-5-11-19(18)25/h1-5,7-9,11,15-16H,6,10,12-14H2,(H,22,23,24). The fourth-order valence-electron chi connectivity index (χ4n) is 3.34. The lowest BCUT2D eigenvalue weighted by atomic mass is 10.0. The maximum atomic E-state index is 4.50. The van der Waals surface area contributed by atoms with Crippen LogP contribution in [0.4, 0.5) is 17.3 Å². The Morgan fingerprint density at radius 3 is 2.72 bits per heavy atom. The molecule has 0 bridgehead atoms. The third kappa shape index (κ3) is 3.63. The number of nitrogens with zero attached hydrogens (tertiary/aromatic N) is 3. The van der Waals surface area contributed by atoms with Gasteiger partial charge in [0, 0.05) is 24.8 Å². The fourth-order valence-corrected chi connectivity index (χ4v) is 3.34. The summed E-state index contributed by atoms with van der Waals surface area (Å²) < 4.78 is 0. The molecular formula is C21H22N4. The molecule has 1 aliphatic rings. The highest BCUT2D eigenvalue weighted by atomic mass is 15.2. The van der Waals surface area contributed by atoms with Gasteiger partial charge in [-0.2, -0.15) is 0 Å². The van der Waals surface area contributed by atoms with Crippen LogP contribution in [0.3, 0.4) is 0 Å². The lowest BCUT2D eigenvalue weighted by molar-refractivity contribution is 0.758. The zero-order valence-electron chi connectivity index (χ0n) is 14.2. The first-order valence-corrected chi connectivity index (χ1v) is 8.85. The summed E-state index contributed by atoms with van der Waals surface area (Å²) in [5.41, 5.74) is 3.99. The van der Waals surface area contributed by atoms with Crippen LogP contribution in [0.15, 0.2) is 67.0 Å². The summed E-state index contributed by atoms with van der Waals surface area (Å²) in [5.74, 6) is 1.84. The van der Waals surface area contributed by atoms with Crippen LogP contribution in [0.25, 0.3) is 0 Å². The zero-order valence-corrected chi connectivity index (χ0v) is 14.2. The summed E-state index contributed by atoms with van der Waals surface area (Å²) in [6, 6.07) is 21.1. The van der Waals surface area contributed by atoms with Crippen molar-refractivity contribution < 1.29 is 0 Å². The van der Waals surface area contributed by atoms with E-state index in [2.05, 4.69) is 68.7 Å². The van der Waals surface area contributed by atoms with Crippen molar-refractivity contribution in [1.82, 2.24) is 9.97 Å². The quantitative estimate of drug-likeness (QED) is 0.760. The highest BCUT2D eigenvalue weighted by Crippen LogP contribution is 2.32. The molecule has 0 saturated heterocycles. The van der Waals surface area contributed by atoms with Crippen molar-refractivity contribution >= 4 is 17.3 Å². The second kappa shape index (κ2) is 7.34.